The molecule has 3 aromatic rings. The molecule has 116 valence electrons. The van der Waals surface area contributed by atoms with E-state index in [0.29, 0.717) is 23.7 Å². The van der Waals surface area contributed by atoms with Crippen molar-refractivity contribution in [2.75, 3.05) is 5.32 Å². The van der Waals surface area contributed by atoms with Crippen LogP contribution in [0.2, 0.25) is 5.02 Å². The highest BCUT2D eigenvalue weighted by molar-refractivity contribution is 6.30. The Morgan fingerprint density at radius 2 is 1.87 bits per heavy atom. The highest BCUT2D eigenvalue weighted by atomic mass is 35.5. The van der Waals surface area contributed by atoms with Crippen LogP contribution < -0.4 is 5.32 Å². The number of benzene rings is 1. The Morgan fingerprint density at radius 1 is 1.13 bits per heavy atom. The number of nitrogens with zero attached hydrogens (tertiary/aromatic N) is 5. The number of aryl methyl sites for hydroxylation is 2. The first kappa shape index (κ1) is 15.1. The van der Waals surface area contributed by atoms with E-state index in [-0.39, 0.29) is 11.7 Å². The maximum absolute atomic E-state index is 12.3. The van der Waals surface area contributed by atoms with Gasteiger partial charge in [-0.1, -0.05) is 11.6 Å². The molecule has 0 unspecified atom stereocenters. The number of hydrogen-bond acceptors (Lipinski definition) is 5. The number of rotatable bonds is 5. The lowest BCUT2D eigenvalue weighted by molar-refractivity contribution is 0.101. The number of carbonyl (C=O) groups excluding carboxylic acids is 1. The predicted molar refractivity (Wildman–Crippen MR) is 85.2 cm³/mol. The van der Waals surface area contributed by atoms with Crippen LogP contribution in [-0.2, 0) is 13.0 Å². The second-order valence-corrected chi connectivity index (χ2v) is 5.23. The number of hydrogen-bond donors (Lipinski definition) is 1. The van der Waals surface area contributed by atoms with Crippen LogP contribution in [0.25, 0.3) is 0 Å². The van der Waals surface area contributed by atoms with Gasteiger partial charge in [-0.2, -0.15) is 0 Å². The van der Waals surface area contributed by atoms with Crippen molar-refractivity contribution in [2.45, 2.75) is 13.0 Å². The number of tetrazole rings is 1. The Labute approximate surface area is 137 Å². The SMILES string of the molecule is O=C(Nc1ccc(Cl)cc1)c1nnnn1CCc1ccncc1. The molecule has 0 saturated carbocycles. The molecule has 23 heavy (non-hydrogen) atoms. The molecule has 1 aromatic carbocycles. The average molecular weight is 329 g/mol. The molecule has 0 aliphatic rings. The van der Waals surface area contributed by atoms with E-state index in [1.165, 1.54) is 4.68 Å². The smallest absolute Gasteiger partial charge is 0.295 e. The van der Waals surface area contributed by atoms with Gasteiger partial charge in [0, 0.05) is 29.6 Å². The molecule has 0 atom stereocenters. The number of halogens is 1. The molecule has 0 aliphatic heterocycles. The first-order valence-electron chi connectivity index (χ1n) is 6.94. The molecule has 2 heterocycles. The second kappa shape index (κ2) is 6.97. The Hall–Kier alpha value is -2.80. The van der Waals surface area contributed by atoms with Crippen molar-refractivity contribution in [1.82, 2.24) is 25.2 Å². The zero-order valence-corrected chi connectivity index (χ0v) is 12.8. The highest BCUT2D eigenvalue weighted by Crippen LogP contribution is 2.14. The molecule has 0 fully saturated rings. The van der Waals surface area contributed by atoms with Crippen molar-refractivity contribution in [3.8, 4) is 0 Å². The van der Waals surface area contributed by atoms with Crippen molar-refractivity contribution >= 4 is 23.2 Å². The summed E-state index contributed by atoms with van der Waals surface area (Å²) in [5.74, 6) is -0.207. The van der Waals surface area contributed by atoms with Gasteiger partial charge in [0.1, 0.15) is 0 Å². The van der Waals surface area contributed by atoms with E-state index < -0.39 is 0 Å². The number of amides is 1. The molecule has 0 aliphatic carbocycles. The number of nitrogens with one attached hydrogen (secondary N) is 1. The Bertz CT molecular complexity index is 787. The van der Waals surface area contributed by atoms with E-state index >= 15 is 0 Å². The van der Waals surface area contributed by atoms with Gasteiger partial charge in [0.25, 0.3) is 5.91 Å². The lowest BCUT2D eigenvalue weighted by Crippen LogP contribution is -2.19. The van der Waals surface area contributed by atoms with Crippen LogP contribution in [0.3, 0.4) is 0 Å². The van der Waals surface area contributed by atoms with Crippen molar-refractivity contribution in [2.24, 2.45) is 0 Å². The fraction of sp³-hybridized carbons (Fsp3) is 0.133. The summed E-state index contributed by atoms with van der Waals surface area (Å²) in [7, 11) is 0. The summed E-state index contributed by atoms with van der Waals surface area (Å²) in [6.45, 7) is 0.500. The topological polar surface area (TPSA) is 85.6 Å². The first-order valence-corrected chi connectivity index (χ1v) is 7.32. The third-order valence-corrected chi connectivity index (χ3v) is 3.45. The Kier molecular flexibility index (Phi) is 4.58. The van der Waals surface area contributed by atoms with Gasteiger partial charge in [-0.15, -0.1) is 5.10 Å². The number of pyridine rings is 1. The van der Waals surface area contributed by atoms with Crippen molar-refractivity contribution in [3.63, 3.8) is 0 Å². The van der Waals surface area contributed by atoms with Gasteiger partial charge >= 0.3 is 0 Å². The fourth-order valence-corrected chi connectivity index (χ4v) is 2.15. The predicted octanol–water partition coefficient (Wildman–Crippen LogP) is 2.22. The number of carbonyl (C=O) groups is 1. The zero-order chi connectivity index (χ0) is 16.1. The van der Waals surface area contributed by atoms with E-state index in [0.717, 1.165) is 5.56 Å². The molecule has 8 heteroatoms. The van der Waals surface area contributed by atoms with E-state index in [1.54, 1.807) is 36.7 Å². The van der Waals surface area contributed by atoms with Crippen molar-refractivity contribution < 1.29 is 4.79 Å². The van der Waals surface area contributed by atoms with Crippen LogP contribution in [0.5, 0.6) is 0 Å². The van der Waals surface area contributed by atoms with Crippen molar-refractivity contribution in [1.29, 1.82) is 0 Å². The number of aromatic nitrogens is 5. The highest BCUT2D eigenvalue weighted by Gasteiger charge is 2.15. The van der Waals surface area contributed by atoms with Gasteiger partial charge in [-0.25, -0.2) is 4.68 Å². The summed E-state index contributed by atoms with van der Waals surface area (Å²) in [6.07, 6.45) is 4.15. The molecule has 1 amide bonds. The third kappa shape index (κ3) is 3.89. The molecule has 0 bridgehead atoms. The first-order chi connectivity index (χ1) is 11.2. The van der Waals surface area contributed by atoms with Crippen LogP contribution in [0.1, 0.15) is 16.2 Å². The lowest BCUT2D eigenvalue weighted by atomic mass is 10.2. The summed E-state index contributed by atoms with van der Waals surface area (Å²) in [4.78, 5) is 16.2. The molecular formula is C15H13ClN6O. The molecule has 7 nitrogen and oxygen atoms in total. The fourth-order valence-electron chi connectivity index (χ4n) is 2.02. The second-order valence-electron chi connectivity index (χ2n) is 4.79. The summed E-state index contributed by atoms with van der Waals surface area (Å²) >= 11 is 5.82. The Balaban J connectivity index is 1.67. The van der Waals surface area contributed by atoms with Gasteiger partial charge in [0.15, 0.2) is 0 Å². The quantitative estimate of drug-likeness (QED) is 0.776. The van der Waals surface area contributed by atoms with E-state index in [9.17, 15) is 4.79 Å². The molecular weight excluding hydrogens is 316 g/mol. The van der Waals surface area contributed by atoms with Crippen molar-refractivity contribution in [3.05, 3.63) is 65.2 Å². The monoisotopic (exact) mass is 328 g/mol. The van der Waals surface area contributed by atoms with Crippen LogP contribution in [0.4, 0.5) is 5.69 Å². The average Bonchev–Trinajstić information content (AvgIpc) is 3.05. The minimum atomic E-state index is -0.368. The molecule has 0 saturated heterocycles. The van der Waals surface area contributed by atoms with Crippen LogP contribution in [-0.4, -0.2) is 31.1 Å². The van der Waals surface area contributed by atoms with Crippen LogP contribution >= 0.6 is 11.6 Å². The minimum absolute atomic E-state index is 0.161. The standard InChI is InChI=1S/C15H13ClN6O/c16-12-1-3-13(4-2-12)18-15(23)14-19-20-21-22(14)10-7-11-5-8-17-9-6-11/h1-6,8-9H,7,10H2,(H,18,23). The van der Waals surface area contributed by atoms with E-state index in [1.807, 2.05) is 12.1 Å². The van der Waals surface area contributed by atoms with Gasteiger partial charge in [-0.3, -0.25) is 9.78 Å². The van der Waals surface area contributed by atoms with Gasteiger partial charge in [-0.05, 0) is 58.8 Å². The summed E-state index contributed by atoms with van der Waals surface area (Å²) < 4.78 is 1.48. The van der Waals surface area contributed by atoms with Gasteiger partial charge < -0.3 is 5.32 Å². The number of anilines is 1. The molecule has 0 spiro atoms. The third-order valence-electron chi connectivity index (χ3n) is 3.20. The summed E-state index contributed by atoms with van der Waals surface area (Å²) in [5.41, 5.74) is 1.72. The maximum Gasteiger partial charge on any atom is 0.295 e. The zero-order valence-electron chi connectivity index (χ0n) is 12.1. The normalized spacial score (nSPS) is 10.5. The van der Waals surface area contributed by atoms with Crippen LogP contribution in [0.15, 0.2) is 48.8 Å². The van der Waals surface area contributed by atoms with Gasteiger partial charge in [0.05, 0.1) is 0 Å². The molecule has 1 N–H and O–H groups in total. The summed E-state index contributed by atoms with van der Waals surface area (Å²) in [5, 5.41) is 14.6. The maximum atomic E-state index is 12.3. The van der Waals surface area contributed by atoms with E-state index in [2.05, 4.69) is 25.8 Å². The van der Waals surface area contributed by atoms with E-state index in [4.69, 9.17) is 11.6 Å². The largest absolute Gasteiger partial charge is 0.319 e. The molecule has 3 rings (SSSR count). The van der Waals surface area contributed by atoms with Gasteiger partial charge in [0.2, 0.25) is 5.82 Å². The lowest BCUT2D eigenvalue weighted by Gasteiger charge is -2.06. The Morgan fingerprint density at radius 3 is 2.61 bits per heavy atom. The minimum Gasteiger partial charge on any atom is -0.319 e. The molecule has 2 aromatic heterocycles. The van der Waals surface area contributed by atoms with Crippen LogP contribution in [0, 0.1) is 0 Å². The summed E-state index contributed by atoms with van der Waals surface area (Å²) in [6, 6.07) is 10.7. The molecule has 0 radical (unpaired) electrons.